The molecule has 3 aliphatic heterocycles. The second-order valence-electron chi connectivity index (χ2n) is 8.49. The van der Waals surface area contributed by atoms with Crippen LogP contribution in [-0.4, -0.2) is 41.6 Å². The van der Waals surface area contributed by atoms with Gasteiger partial charge in [0.05, 0.1) is 24.2 Å². The van der Waals surface area contributed by atoms with E-state index in [1.165, 1.54) is 24.1 Å². The topological polar surface area (TPSA) is 49.3 Å². The number of allylic oxidation sites excluding steroid dienone is 2. The minimum Gasteiger partial charge on any atom is -0.506 e. The van der Waals surface area contributed by atoms with Crippen LogP contribution in [0.25, 0.3) is 0 Å². The smallest absolute Gasteiger partial charge is 0.148 e. The lowest BCUT2D eigenvalue weighted by Gasteiger charge is -2.53. The Hall–Kier alpha value is -2.07. The number of quaternary nitrogens is 1. The van der Waals surface area contributed by atoms with Crippen molar-refractivity contribution < 1.29 is 14.4 Å². The van der Waals surface area contributed by atoms with E-state index in [1.807, 2.05) is 6.07 Å². The Kier molecular flexibility index (Phi) is 3.24. The zero-order valence-corrected chi connectivity index (χ0v) is 15.6. The maximum Gasteiger partial charge on any atom is 0.148 e. The van der Waals surface area contributed by atoms with E-state index < -0.39 is 0 Å². The number of nitrogens with one attached hydrogen (secondary N) is 1. The van der Waals surface area contributed by atoms with Gasteiger partial charge < -0.3 is 14.9 Å². The summed E-state index contributed by atoms with van der Waals surface area (Å²) < 4.78 is 1.14. The van der Waals surface area contributed by atoms with Gasteiger partial charge in [0.15, 0.2) is 0 Å². The Morgan fingerprint density at radius 1 is 1.42 bits per heavy atom. The summed E-state index contributed by atoms with van der Waals surface area (Å²) in [7, 11) is 0. The first-order valence-corrected chi connectivity index (χ1v) is 9.91. The van der Waals surface area contributed by atoms with Crippen LogP contribution in [-0.2, 0) is 10.2 Å². The molecule has 2 saturated heterocycles. The third-order valence-electron chi connectivity index (χ3n) is 7.64. The lowest BCUT2D eigenvalue weighted by atomic mass is 9.61. The van der Waals surface area contributed by atoms with Crippen LogP contribution in [0.1, 0.15) is 38.7 Å². The quantitative estimate of drug-likeness (QED) is 0.379. The molecule has 0 saturated carbocycles. The van der Waals surface area contributed by atoms with Crippen molar-refractivity contribution in [1.29, 1.82) is 0 Å². The highest BCUT2D eigenvalue weighted by atomic mass is 16.3. The zero-order chi connectivity index (χ0) is 18.1. The molecule has 0 aromatic heterocycles. The molecule has 0 unspecified atom stereocenters. The molecule has 1 aliphatic carbocycles. The van der Waals surface area contributed by atoms with E-state index >= 15 is 0 Å². The Morgan fingerprint density at radius 3 is 3.00 bits per heavy atom. The summed E-state index contributed by atoms with van der Waals surface area (Å²) >= 11 is 0. The summed E-state index contributed by atoms with van der Waals surface area (Å²) in [4.78, 5) is 12.2. The van der Waals surface area contributed by atoms with Crippen molar-refractivity contribution in [2.45, 2.75) is 44.6 Å². The van der Waals surface area contributed by atoms with Gasteiger partial charge in [0.25, 0.3) is 0 Å². The number of aldehydes is 1. The Balaban J connectivity index is 1.82. The van der Waals surface area contributed by atoms with Crippen LogP contribution in [0.4, 0.5) is 5.69 Å². The van der Waals surface area contributed by atoms with Gasteiger partial charge >= 0.3 is 0 Å². The summed E-state index contributed by atoms with van der Waals surface area (Å²) in [5, 5.41) is 14.0. The van der Waals surface area contributed by atoms with Gasteiger partial charge in [0.1, 0.15) is 24.6 Å². The molecule has 1 aromatic carbocycles. The summed E-state index contributed by atoms with van der Waals surface area (Å²) in [6, 6.07) is 6.35. The van der Waals surface area contributed by atoms with E-state index in [0.717, 1.165) is 53.7 Å². The lowest BCUT2D eigenvalue weighted by molar-refractivity contribution is -0.941. The number of anilines is 1. The van der Waals surface area contributed by atoms with Crippen molar-refractivity contribution in [2.24, 2.45) is 5.92 Å². The molecule has 4 heteroatoms. The van der Waals surface area contributed by atoms with Gasteiger partial charge in [-0.2, -0.15) is 0 Å². The van der Waals surface area contributed by atoms with Crippen LogP contribution in [0.5, 0.6) is 5.75 Å². The molecule has 3 heterocycles. The fourth-order valence-electron chi connectivity index (χ4n) is 6.73. The van der Waals surface area contributed by atoms with Crippen molar-refractivity contribution >= 4 is 12.0 Å². The van der Waals surface area contributed by atoms with Gasteiger partial charge in [-0.05, 0) is 30.5 Å². The summed E-state index contributed by atoms with van der Waals surface area (Å²) in [5.74, 6) is 0.529. The number of aromatic hydroxyl groups is 1. The molecule has 5 rings (SSSR count). The predicted octanol–water partition coefficient (Wildman–Crippen LogP) is 3.49. The summed E-state index contributed by atoms with van der Waals surface area (Å²) in [6.07, 6.45) is 6.60. The Bertz CT molecular complexity index is 871. The Labute approximate surface area is 154 Å². The van der Waals surface area contributed by atoms with Gasteiger partial charge in [0.2, 0.25) is 0 Å². The molecule has 2 fully saturated rings. The number of phenolic OH excluding ortho intramolecular Hbond substituents is 1. The minimum atomic E-state index is -0.130. The average Bonchev–Trinajstić information content (AvgIpc) is 3.17. The van der Waals surface area contributed by atoms with E-state index in [4.69, 9.17) is 0 Å². The van der Waals surface area contributed by atoms with E-state index in [2.05, 4.69) is 31.3 Å². The molecule has 4 nitrogen and oxygen atoms in total. The van der Waals surface area contributed by atoms with E-state index in [0.29, 0.717) is 11.8 Å². The SMILES string of the molecule is C/C=C1\C[N@+]2(CCC)CC[C@]34C(=C(C=O)[C@H]1C[C@@H]32)Nc1c(O)cccc14. The fourth-order valence-corrected chi connectivity index (χ4v) is 6.73. The second kappa shape index (κ2) is 5.23. The molecule has 2 bridgehead atoms. The maximum atomic E-state index is 12.2. The highest BCUT2D eigenvalue weighted by molar-refractivity contribution is 5.85. The van der Waals surface area contributed by atoms with Crippen molar-refractivity contribution in [3.05, 3.63) is 46.7 Å². The summed E-state index contributed by atoms with van der Waals surface area (Å²) in [5.41, 5.74) is 5.32. The van der Waals surface area contributed by atoms with Crippen LogP contribution in [0.3, 0.4) is 0 Å². The van der Waals surface area contributed by atoms with Crippen LogP contribution >= 0.6 is 0 Å². The molecule has 1 aromatic rings. The highest BCUT2D eigenvalue weighted by Crippen LogP contribution is 2.64. The van der Waals surface area contributed by atoms with Crippen molar-refractivity contribution in [3.8, 4) is 5.75 Å². The molecule has 136 valence electrons. The van der Waals surface area contributed by atoms with E-state index in [1.54, 1.807) is 6.07 Å². The third-order valence-corrected chi connectivity index (χ3v) is 7.64. The number of nitrogens with zero attached hydrogens (tertiary/aromatic N) is 1. The number of carbonyl (C=O) groups is 1. The number of rotatable bonds is 3. The van der Waals surface area contributed by atoms with Crippen LogP contribution in [0.2, 0.25) is 0 Å². The van der Waals surface area contributed by atoms with Gasteiger partial charge in [-0.15, -0.1) is 0 Å². The monoisotopic (exact) mass is 351 g/mol. The first-order valence-electron chi connectivity index (χ1n) is 9.91. The molecule has 0 radical (unpaired) electrons. The number of benzene rings is 1. The molecular formula is C22H27N2O2+. The van der Waals surface area contributed by atoms with Crippen molar-refractivity contribution in [1.82, 2.24) is 0 Å². The van der Waals surface area contributed by atoms with Crippen molar-refractivity contribution in [2.75, 3.05) is 25.0 Å². The van der Waals surface area contributed by atoms with Gasteiger partial charge in [-0.3, -0.25) is 4.79 Å². The van der Waals surface area contributed by atoms with Crippen LogP contribution in [0, 0.1) is 5.92 Å². The number of hydrogen-bond donors (Lipinski definition) is 2. The van der Waals surface area contributed by atoms with Crippen LogP contribution < -0.4 is 5.32 Å². The minimum absolute atomic E-state index is 0.130. The zero-order valence-electron chi connectivity index (χ0n) is 15.6. The molecule has 26 heavy (non-hydrogen) atoms. The normalized spacial score (nSPS) is 38.2. The molecular weight excluding hydrogens is 324 g/mol. The number of piperidine rings is 1. The largest absolute Gasteiger partial charge is 0.506 e. The number of hydrogen-bond acceptors (Lipinski definition) is 3. The number of fused-ring (bicyclic) bond motifs is 2. The first kappa shape index (κ1) is 16.1. The molecule has 4 atom stereocenters. The lowest BCUT2D eigenvalue weighted by Crippen LogP contribution is -2.63. The number of phenols is 1. The predicted molar refractivity (Wildman–Crippen MR) is 102 cm³/mol. The maximum absolute atomic E-state index is 12.2. The second-order valence-corrected chi connectivity index (χ2v) is 8.49. The molecule has 1 spiro atoms. The average molecular weight is 351 g/mol. The van der Waals surface area contributed by atoms with E-state index in [9.17, 15) is 9.90 Å². The molecule has 2 N–H and O–H groups in total. The third kappa shape index (κ3) is 1.67. The first-order chi connectivity index (χ1) is 12.6. The van der Waals surface area contributed by atoms with Gasteiger partial charge in [-0.25, -0.2) is 0 Å². The Morgan fingerprint density at radius 2 is 2.27 bits per heavy atom. The van der Waals surface area contributed by atoms with Gasteiger partial charge in [-0.1, -0.05) is 25.1 Å². The molecule has 4 aliphatic rings. The van der Waals surface area contributed by atoms with Gasteiger partial charge in [0, 0.05) is 30.0 Å². The van der Waals surface area contributed by atoms with E-state index in [-0.39, 0.29) is 11.3 Å². The fraction of sp³-hybridized carbons (Fsp3) is 0.500. The number of carbonyl (C=O) groups excluding carboxylic acids is 1. The number of para-hydroxylation sites is 1. The van der Waals surface area contributed by atoms with Crippen molar-refractivity contribution in [3.63, 3.8) is 0 Å². The standard InChI is InChI=1S/C22H26N2O2/c1-3-9-24-10-8-22-17-6-5-7-18(26)20(17)23-21(22)16(13-25)15(11-19(22)24)14(4-2)12-24/h4-7,13,15,19H,3,8-12H2,1-2H3,(H-,23,25,26)/p+1/b14-4+/t15-,19-,22+,24-/m0/s1. The summed E-state index contributed by atoms with van der Waals surface area (Å²) in [6.45, 7) is 7.80. The van der Waals surface area contributed by atoms with Crippen LogP contribution in [0.15, 0.2) is 41.1 Å². The highest BCUT2D eigenvalue weighted by Gasteiger charge is 2.68. The molecule has 0 amide bonds.